The second-order valence-electron chi connectivity index (χ2n) is 6.80. The van der Waals surface area contributed by atoms with E-state index in [9.17, 15) is 14.0 Å². The fourth-order valence-electron chi connectivity index (χ4n) is 3.95. The third-order valence-electron chi connectivity index (χ3n) is 5.16. The van der Waals surface area contributed by atoms with Crippen LogP contribution in [0.25, 0.3) is 0 Å². The van der Waals surface area contributed by atoms with Gasteiger partial charge in [-0.3, -0.25) is 9.59 Å². The van der Waals surface area contributed by atoms with Crippen LogP contribution in [0.1, 0.15) is 42.2 Å². The van der Waals surface area contributed by atoms with Gasteiger partial charge in [0.15, 0.2) is 5.78 Å². The van der Waals surface area contributed by atoms with E-state index in [2.05, 4.69) is 5.32 Å². The molecule has 1 heterocycles. The number of benzene rings is 2. The molecule has 0 fully saturated rings. The highest BCUT2D eigenvalue weighted by Gasteiger charge is 2.38. The zero-order valence-corrected chi connectivity index (χ0v) is 14.7. The molecule has 1 N–H and O–H groups in total. The maximum absolute atomic E-state index is 13.2. The molecule has 0 saturated carbocycles. The lowest BCUT2D eigenvalue weighted by Crippen LogP contribution is -2.38. The Morgan fingerprint density at radius 2 is 1.69 bits per heavy atom. The molecule has 0 bridgehead atoms. The van der Waals surface area contributed by atoms with E-state index in [1.165, 1.54) is 12.1 Å². The van der Waals surface area contributed by atoms with Gasteiger partial charge in [0, 0.05) is 35.1 Å². The molecule has 4 rings (SSSR count). The summed E-state index contributed by atoms with van der Waals surface area (Å²) in [6, 6.07) is 13.5. The summed E-state index contributed by atoms with van der Waals surface area (Å²) in [4.78, 5) is 25.2. The highest BCUT2D eigenvalue weighted by atomic mass is 35.5. The summed E-state index contributed by atoms with van der Waals surface area (Å²) in [5, 5.41) is 3.44. The van der Waals surface area contributed by atoms with Gasteiger partial charge in [0.1, 0.15) is 5.82 Å². The molecule has 2 aromatic rings. The first-order valence-electron chi connectivity index (χ1n) is 8.59. The number of carbonyl (C=O) groups excluding carboxylic acids is 2. The van der Waals surface area contributed by atoms with E-state index >= 15 is 0 Å². The molecule has 0 saturated heterocycles. The van der Waals surface area contributed by atoms with Gasteiger partial charge in [-0.05, 0) is 41.7 Å². The maximum Gasteiger partial charge on any atom is 0.225 e. The monoisotopic (exact) mass is 369 g/mol. The summed E-state index contributed by atoms with van der Waals surface area (Å²) in [5.41, 5.74) is 3.05. The molecular weight excluding hydrogens is 353 g/mol. The van der Waals surface area contributed by atoms with E-state index < -0.39 is 0 Å². The van der Waals surface area contributed by atoms with Gasteiger partial charge in [0.25, 0.3) is 0 Å². The van der Waals surface area contributed by atoms with Gasteiger partial charge in [-0.2, -0.15) is 0 Å². The molecule has 0 unspecified atom stereocenters. The van der Waals surface area contributed by atoms with Gasteiger partial charge in [-0.15, -0.1) is 0 Å². The first-order chi connectivity index (χ1) is 12.5. The minimum atomic E-state index is -0.311. The van der Waals surface area contributed by atoms with Crippen LogP contribution in [0.2, 0.25) is 5.02 Å². The number of ketones is 1. The molecule has 0 spiro atoms. The molecule has 0 aromatic heterocycles. The van der Waals surface area contributed by atoms with Gasteiger partial charge >= 0.3 is 0 Å². The number of amides is 1. The highest BCUT2D eigenvalue weighted by Crippen LogP contribution is 2.43. The average molecular weight is 370 g/mol. The van der Waals surface area contributed by atoms with Gasteiger partial charge in [0.05, 0.1) is 0 Å². The Balaban J connectivity index is 1.73. The van der Waals surface area contributed by atoms with E-state index in [0.29, 0.717) is 29.1 Å². The highest BCUT2D eigenvalue weighted by molar-refractivity contribution is 6.31. The summed E-state index contributed by atoms with van der Waals surface area (Å²) >= 11 is 6.32. The topological polar surface area (TPSA) is 46.2 Å². The van der Waals surface area contributed by atoms with Crippen LogP contribution in [-0.4, -0.2) is 11.7 Å². The smallest absolute Gasteiger partial charge is 0.225 e. The lowest BCUT2D eigenvalue weighted by atomic mass is 9.73. The van der Waals surface area contributed by atoms with Crippen LogP contribution in [0.15, 0.2) is 59.8 Å². The maximum atomic E-state index is 13.2. The number of hydrogen-bond acceptors (Lipinski definition) is 2. The molecule has 1 amide bonds. The molecule has 1 aliphatic heterocycles. The lowest BCUT2D eigenvalue weighted by molar-refractivity contribution is -0.122. The minimum absolute atomic E-state index is 0.0190. The SMILES string of the molecule is O=C1C[C@@H](c2ccccc2Cl)C2=C(C[C@H](c3ccc(F)cc3)CC2=O)N1. The van der Waals surface area contributed by atoms with Crippen molar-refractivity contribution in [2.45, 2.75) is 31.1 Å². The summed E-state index contributed by atoms with van der Waals surface area (Å²) in [7, 11) is 0. The Hall–Kier alpha value is -2.46. The van der Waals surface area contributed by atoms with Crippen LogP contribution in [-0.2, 0) is 9.59 Å². The van der Waals surface area contributed by atoms with Gasteiger partial charge in [-0.1, -0.05) is 41.9 Å². The third-order valence-corrected chi connectivity index (χ3v) is 5.50. The fraction of sp³-hybridized carbons (Fsp3) is 0.238. The largest absolute Gasteiger partial charge is 0.329 e. The zero-order chi connectivity index (χ0) is 18.3. The number of allylic oxidation sites excluding steroid dienone is 2. The molecule has 1 aliphatic carbocycles. The van der Waals surface area contributed by atoms with Crippen molar-refractivity contribution in [1.82, 2.24) is 5.32 Å². The van der Waals surface area contributed by atoms with Crippen LogP contribution in [0, 0.1) is 5.82 Å². The number of halogens is 2. The van der Waals surface area contributed by atoms with Crippen molar-refractivity contribution < 1.29 is 14.0 Å². The standard InChI is InChI=1S/C21H17ClFNO2/c22-17-4-2-1-3-15(17)16-11-20(26)24-18-9-13(10-19(25)21(16)18)12-5-7-14(23)8-6-12/h1-8,13,16H,9-11H2,(H,24,26)/t13-,16-/m0/s1. The first-order valence-corrected chi connectivity index (χ1v) is 8.96. The Kier molecular flexibility index (Phi) is 4.37. The first kappa shape index (κ1) is 17.0. The normalized spacial score (nSPS) is 22.8. The van der Waals surface area contributed by atoms with E-state index in [4.69, 9.17) is 11.6 Å². The molecule has 3 nitrogen and oxygen atoms in total. The van der Waals surface area contributed by atoms with E-state index in [1.807, 2.05) is 18.2 Å². The van der Waals surface area contributed by atoms with Crippen molar-refractivity contribution >= 4 is 23.3 Å². The molecule has 0 radical (unpaired) electrons. The summed E-state index contributed by atoms with van der Waals surface area (Å²) in [6.07, 6.45) is 1.12. The van der Waals surface area contributed by atoms with E-state index in [0.717, 1.165) is 11.1 Å². The summed E-state index contributed by atoms with van der Waals surface area (Å²) in [5.74, 6) is -0.770. The van der Waals surface area contributed by atoms with Crippen LogP contribution >= 0.6 is 11.6 Å². The molecule has 26 heavy (non-hydrogen) atoms. The van der Waals surface area contributed by atoms with Crippen molar-refractivity contribution in [2.24, 2.45) is 0 Å². The van der Waals surface area contributed by atoms with Crippen LogP contribution in [0.5, 0.6) is 0 Å². The molecular formula is C21H17ClFNO2. The predicted octanol–water partition coefficient (Wildman–Crippen LogP) is 4.48. The van der Waals surface area contributed by atoms with Crippen LogP contribution < -0.4 is 5.32 Å². The van der Waals surface area contributed by atoms with Gasteiger partial charge in [-0.25, -0.2) is 4.39 Å². The van der Waals surface area contributed by atoms with Gasteiger partial charge in [0.2, 0.25) is 5.91 Å². The summed E-state index contributed by atoms with van der Waals surface area (Å²) < 4.78 is 13.2. The average Bonchev–Trinajstić information content (AvgIpc) is 2.61. The predicted molar refractivity (Wildman–Crippen MR) is 97.4 cm³/mol. The quantitative estimate of drug-likeness (QED) is 0.848. The molecule has 2 aliphatic rings. The molecule has 132 valence electrons. The number of Topliss-reactive ketones (excluding diaryl/α,β-unsaturated/α-hetero) is 1. The molecule has 5 heteroatoms. The summed E-state index contributed by atoms with van der Waals surface area (Å²) in [6.45, 7) is 0. The van der Waals surface area contributed by atoms with Crippen LogP contribution in [0.3, 0.4) is 0 Å². The Morgan fingerprint density at radius 1 is 0.962 bits per heavy atom. The van der Waals surface area contributed by atoms with Crippen LogP contribution in [0.4, 0.5) is 4.39 Å². The number of rotatable bonds is 2. The number of hydrogen-bond donors (Lipinski definition) is 1. The lowest BCUT2D eigenvalue weighted by Gasteiger charge is -2.34. The Morgan fingerprint density at radius 3 is 2.42 bits per heavy atom. The van der Waals surface area contributed by atoms with Crippen molar-refractivity contribution in [3.63, 3.8) is 0 Å². The second kappa shape index (κ2) is 6.69. The fourth-order valence-corrected chi connectivity index (χ4v) is 4.22. The second-order valence-corrected chi connectivity index (χ2v) is 7.21. The van der Waals surface area contributed by atoms with E-state index in [-0.39, 0.29) is 35.8 Å². The Labute approximate surface area is 155 Å². The van der Waals surface area contributed by atoms with E-state index in [1.54, 1.807) is 18.2 Å². The number of nitrogens with one attached hydrogen (secondary N) is 1. The number of carbonyl (C=O) groups is 2. The molecule has 2 atom stereocenters. The van der Waals surface area contributed by atoms with Crippen molar-refractivity contribution in [3.8, 4) is 0 Å². The van der Waals surface area contributed by atoms with Crippen molar-refractivity contribution in [2.75, 3.05) is 0 Å². The minimum Gasteiger partial charge on any atom is -0.329 e. The molecule has 2 aromatic carbocycles. The van der Waals surface area contributed by atoms with Crippen molar-refractivity contribution in [1.29, 1.82) is 0 Å². The third kappa shape index (κ3) is 3.06. The van der Waals surface area contributed by atoms with Crippen molar-refractivity contribution in [3.05, 3.63) is 81.8 Å². The zero-order valence-electron chi connectivity index (χ0n) is 14.0. The van der Waals surface area contributed by atoms with Gasteiger partial charge < -0.3 is 5.32 Å². The Bertz CT molecular complexity index is 920.